The lowest BCUT2D eigenvalue weighted by Crippen LogP contribution is -2.17. The molecule has 6 nitrogen and oxygen atoms in total. The zero-order valence-electron chi connectivity index (χ0n) is 14.5. The minimum atomic E-state index is -0.387. The smallest absolute Gasteiger partial charge is 0.271 e. The fourth-order valence-corrected chi connectivity index (χ4v) is 2.44. The van der Waals surface area contributed by atoms with E-state index < -0.39 is 0 Å². The van der Waals surface area contributed by atoms with Crippen LogP contribution in [0.25, 0.3) is 0 Å². The fourth-order valence-electron chi connectivity index (χ4n) is 2.06. The molecule has 2 aromatic carbocycles. The summed E-state index contributed by atoms with van der Waals surface area (Å²) in [6.07, 6.45) is 3.17. The molecule has 0 heterocycles. The van der Waals surface area contributed by atoms with Crippen LogP contribution in [0.3, 0.4) is 0 Å². The lowest BCUT2D eigenvalue weighted by Gasteiger charge is -2.08. The van der Waals surface area contributed by atoms with E-state index in [-0.39, 0.29) is 5.91 Å². The van der Waals surface area contributed by atoms with Crippen LogP contribution in [0.4, 0.5) is 0 Å². The molecule has 26 heavy (non-hydrogen) atoms. The minimum absolute atomic E-state index is 0.371. The van der Waals surface area contributed by atoms with Crippen LogP contribution in [0.1, 0.15) is 15.9 Å². The number of amides is 1. The summed E-state index contributed by atoms with van der Waals surface area (Å²) in [6.45, 7) is 4.00. The minimum Gasteiger partial charge on any atom is -0.497 e. The first-order valence-electron chi connectivity index (χ1n) is 7.67. The Morgan fingerprint density at radius 1 is 1.19 bits per heavy atom. The fraction of sp³-hybridized carbons (Fsp3) is 0.158. The van der Waals surface area contributed by atoms with Gasteiger partial charge in [0.1, 0.15) is 23.9 Å². The largest absolute Gasteiger partial charge is 0.497 e. The van der Waals surface area contributed by atoms with E-state index >= 15 is 0 Å². The van der Waals surface area contributed by atoms with Crippen molar-refractivity contribution in [2.24, 2.45) is 5.10 Å². The van der Waals surface area contributed by atoms with Crippen LogP contribution >= 0.6 is 15.9 Å². The second kappa shape index (κ2) is 9.62. The Bertz CT molecular complexity index is 799. The van der Waals surface area contributed by atoms with Gasteiger partial charge in [0, 0.05) is 21.7 Å². The monoisotopic (exact) mass is 418 g/mol. The molecule has 1 amide bonds. The van der Waals surface area contributed by atoms with Crippen LogP contribution in [0.15, 0.2) is 58.6 Å². The van der Waals surface area contributed by atoms with E-state index in [2.05, 4.69) is 33.0 Å². The molecule has 0 unspecified atom stereocenters. The number of hydrazone groups is 1. The second-order valence-corrected chi connectivity index (χ2v) is 6.00. The topological polar surface area (TPSA) is 69.2 Å². The molecule has 0 aliphatic rings. The van der Waals surface area contributed by atoms with E-state index in [1.165, 1.54) is 20.4 Å². The molecule has 0 atom stereocenters. The molecule has 2 rings (SSSR count). The number of carbonyl (C=O) groups excluding carboxylic acids is 1. The molecule has 0 aliphatic heterocycles. The number of hydrogen-bond donors (Lipinski definition) is 1. The van der Waals surface area contributed by atoms with Crippen LogP contribution in [0.5, 0.6) is 17.2 Å². The lowest BCUT2D eigenvalue weighted by molar-refractivity contribution is 0.0954. The summed E-state index contributed by atoms with van der Waals surface area (Å²) in [5.41, 5.74) is 3.56. The first-order valence-corrected chi connectivity index (χ1v) is 8.46. The summed E-state index contributed by atoms with van der Waals surface area (Å²) < 4.78 is 16.8. The van der Waals surface area contributed by atoms with Crippen molar-refractivity contribution in [3.63, 3.8) is 0 Å². The molecular formula is C19H19BrN2O4. The number of nitrogens with one attached hydrogen (secondary N) is 1. The molecule has 0 spiro atoms. The molecule has 0 fully saturated rings. The summed E-state index contributed by atoms with van der Waals surface area (Å²) >= 11 is 3.40. The molecular weight excluding hydrogens is 400 g/mol. The van der Waals surface area contributed by atoms with Crippen LogP contribution in [0, 0.1) is 0 Å². The van der Waals surface area contributed by atoms with Crippen LogP contribution < -0.4 is 19.6 Å². The van der Waals surface area contributed by atoms with Gasteiger partial charge in [0.2, 0.25) is 0 Å². The Morgan fingerprint density at radius 2 is 1.88 bits per heavy atom. The maximum atomic E-state index is 12.3. The van der Waals surface area contributed by atoms with Gasteiger partial charge >= 0.3 is 0 Å². The van der Waals surface area contributed by atoms with E-state index in [0.717, 1.165) is 4.47 Å². The molecule has 0 bridgehead atoms. The third-order valence-electron chi connectivity index (χ3n) is 3.31. The van der Waals surface area contributed by atoms with Crippen LogP contribution in [-0.2, 0) is 0 Å². The molecule has 7 heteroatoms. The van der Waals surface area contributed by atoms with E-state index in [1.807, 2.05) is 18.2 Å². The SMILES string of the molecule is C=CCOc1ccc(Br)cc1C=NNC(=O)c1cc(OC)cc(OC)c1. The highest BCUT2D eigenvalue weighted by molar-refractivity contribution is 9.10. The molecule has 0 aromatic heterocycles. The van der Waals surface area contributed by atoms with Crippen molar-refractivity contribution >= 4 is 28.1 Å². The second-order valence-electron chi connectivity index (χ2n) is 5.08. The Hall–Kier alpha value is -2.80. The number of carbonyl (C=O) groups is 1. The zero-order valence-corrected chi connectivity index (χ0v) is 16.1. The first kappa shape index (κ1) is 19.5. The van der Waals surface area contributed by atoms with E-state index in [4.69, 9.17) is 14.2 Å². The number of benzene rings is 2. The van der Waals surface area contributed by atoms with Gasteiger partial charge in [0.05, 0.1) is 20.4 Å². The highest BCUT2D eigenvalue weighted by atomic mass is 79.9. The summed E-state index contributed by atoms with van der Waals surface area (Å²) in [5.74, 6) is 1.28. The van der Waals surface area contributed by atoms with E-state index in [9.17, 15) is 4.79 Å². The Balaban J connectivity index is 2.14. The van der Waals surface area contributed by atoms with Gasteiger partial charge in [-0.05, 0) is 30.3 Å². The molecule has 0 saturated carbocycles. The molecule has 0 saturated heterocycles. The normalized spacial score (nSPS) is 10.4. The van der Waals surface area contributed by atoms with Crippen molar-refractivity contribution < 1.29 is 19.0 Å². The molecule has 1 N–H and O–H groups in total. The molecule has 136 valence electrons. The van der Waals surface area contributed by atoms with E-state index in [1.54, 1.807) is 24.3 Å². The summed E-state index contributed by atoms with van der Waals surface area (Å²) in [6, 6.07) is 10.4. The highest BCUT2D eigenvalue weighted by Crippen LogP contribution is 2.23. The Morgan fingerprint density at radius 3 is 2.50 bits per heavy atom. The molecule has 0 radical (unpaired) electrons. The summed E-state index contributed by atoms with van der Waals surface area (Å²) in [7, 11) is 3.04. The summed E-state index contributed by atoms with van der Waals surface area (Å²) in [5, 5.41) is 4.01. The highest BCUT2D eigenvalue weighted by Gasteiger charge is 2.09. The van der Waals surface area contributed by atoms with Crippen LogP contribution in [-0.4, -0.2) is 32.9 Å². The number of nitrogens with zero attached hydrogens (tertiary/aromatic N) is 1. The van der Waals surface area contributed by atoms with Gasteiger partial charge in [0.15, 0.2) is 0 Å². The quantitative estimate of drug-likeness (QED) is 0.402. The number of hydrogen-bond acceptors (Lipinski definition) is 5. The summed E-state index contributed by atoms with van der Waals surface area (Å²) in [4.78, 5) is 12.3. The van der Waals surface area contributed by atoms with Gasteiger partial charge in [0.25, 0.3) is 5.91 Å². The number of methoxy groups -OCH3 is 2. The Kier molecular flexibility index (Phi) is 7.23. The molecule has 0 aliphatic carbocycles. The predicted molar refractivity (Wildman–Crippen MR) is 104 cm³/mol. The zero-order chi connectivity index (χ0) is 18.9. The van der Waals surface area contributed by atoms with Crippen molar-refractivity contribution in [2.75, 3.05) is 20.8 Å². The van der Waals surface area contributed by atoms with Crippen molar-refractivity contribution in [2.45, 2.75) is 0 Å². The number of rotatable bonds is 8. The standard InChI is InChI=1S/C19H19BrN2O4/c1-4-7-26-18-6-5-15(20)8-14(18)12-21-22-19(23)13-9-16(24-2)11-17(10-13)25-3/h4-6,8-12H,1,7H2,2-3H3,(H,22,23). The van der Waals surface area contributed by atoms with Crippen molar-refractivity contribution in [1.82, 2.24) is 5.43 Å². The third-order valence-corrected chi connectivity index (χ3v) is 3.81. The molecule has 2 aromatic rings. The van der Waals surface area contributed by atoms with Crippen LogP contribution in [0.2, 0.25) is 0 Å². The van der Waals surface area contributed by atoms with Gasteiger partial charge in [-0.15, -0.1) is 0 Å². The van der Waals surface area contributed by atoms with Crippen molar-refractivity contribution in [3.8, 4) is 17.2 Å². The van der Waals surface area contributed by atoms with E-state index in [0.29, 0.717) is 35.0 Å². The lowest BCUT2D eigenvalue weighted by atomic mass is 10.2. The van der Waals surface area contributed by atoms with Gasteiger partial charge in [-0.1, -0.05) is 28.6 Å². The van der Waals surface area contributed by atoms with Crippen molar-refractivity contribution in [3.05, 3.63) is 64.7 Å². The van der Waals surface area contributed by atoms with Gasteiger partial charge in [-0.25, -0.2) is 5.43 Å². The van der Waals surface area contributed by atoms with Gasteiger partial charge in [-0.2, -0.15) is 5.10 Å². The number of ether oxygens (including phenoxy) is 3. The maximum Gasteiger partial charge on any atom is 0.271 e. The first-order chi connectivity index (χ1) is 12.6. The van der Waals surface area contributed by atoms with Gasteiger partial charge < -0.3 is 14.2 Å². The van der Waals surface area contributed by atoms with Crippen molar-refractivity contribution in [1.29, 1.82) is 0 Å². The average Bonchev–Trinajstić information content (AvgIpc) is 2.66. The average molecular weight is 419 g/mol. The maximum absolute atomic E-state index is 12.3. The Labute approximate surface area is 160 Å². The van der Waals surface area contributed by atoms with Gasteiger partial charge in [-0.3, -0.25) is 4.79 Å². The third kappa shape index (κ3) is 5.35. The predicted octanol–water partition coefficient (Wildman–Crippen LogP) is 3.80. The number of halogens is 1.